The van der Waals surface area contributed by atoms with Crippen molar-refractivity contribution < 1.29 is 19.1 Å². The Morgan fingerprint density at radius 1 is 1.00 bits per heavy atom. The topological polar surface area (TPSA) is 59.1 Å². The SMILES string of the molecule is COc1cc(C)ccc1OCC(=O)N1CCN(C(=O)CCC2CCCC2)CC1. The Morgan fingerprint density at radius 3 is 2.29 bits per heavy atom. The maximum Gasteiger partial charge on any atom is 0.260 e. The molecule has 0 atom stereocenters. The lowest BCUT2D eigenvalue weighted by atomic mass is 10.0. The van der Waals surface area contributed by atoms with Crippen LogP contribution in [0.3, 0.4) is 0 Å². The van der Waals surface area contributed by atoms with E-state index in [1.165, 1.54) is 25.7 Å². The predicted molar refractivity (Wildman–Crippen MR) is 108 cm³/mol. The first kappa shape index (κ1) is 20.5. The van der Waals surface area contributed by atoms with Crippen molar-refractivity contribution in [2.24, 2.45) is 5.92 Å². The molecule has 1 saturated heterocycles. The molecule has 1 aromatic carbocycles. The van der Waals surface area contributed by atoms with Gasteiger partial charge in [0, 0.05) is 32.6 Å². The molecule has 28 heavy (non-hydrogen) atoms. The summed E-state index contributed by atoms with van der Waals surface area (Å²) in [6.07, 6.45) is 6.86. The highest BCUT2D eigenvalue weighted by molar-refractivity contribution is 5.79. The number of hydrogen-bond acceptors (Lipinski definition) is 4. The third kappa shape index (κ3) is 5.40. The van der Waals surface area contributed by atoms with Crippen LogP contribution in [0.2, 0.25) is 0 Å². The minimum absolute atomic E-state index is 0.0188. The minimum Gasteiger partial charge on any atom is -0.493 e. The second kappa shape index (κ2) is 9.80. The van der Waals surface area contributed by atoms with Crippen molar-refractivity contribution in [3.63, 3.8) is 0 Å². The molecule has 1 aliphatic heterocycles. The van der Waals surface area contributed by atoms with Crippen molar-refractivity contribution >= 4 is 11.8 Å². The van der Waals surface area contributed by atoms with Crippen molar-refractivity contribution in [2.45, 2.75) is 45.4 Å². The molecule has 0 radical (unpaired) electrons. The zero-order chi connectivity index (χ0) is 19.9. The monoisotopic (exact) mass is 388 g/mol. The Balaban J connectivity index is 1.40. The molecule has 1 heterocycles. The van der Waals surface area contributed by atoms with Crippen molar-refractivity contribution in [3.05, 3.63) is 23.8 Å². The standard InChI is InChI=1S/C22H32N2O4/c1-17-7-9-19(20(15-17)27-2)28-16-22(26)24-13-11-23(12-14-24)21(25)10-8-18-5-3-4-6-18/h7,9,15,18H,3-6,8,10-14,16H2,1-2H3. The summed E-state index contributed by atoms with van der Waals surface area (Å²) >= 11 is 0. The number of aryl methyl sites for hydroxylation is 1. The van der Waals surface area contributed by atoms with Gasteiger partial charge in [-0.1, -0.05) is 31.7 Å². The maximum atomic E-state index is 12.5. The van der Waals surface area contributed by atoms with Crippen LogP contribution in [0.4, 0.5) is 0 Å². The zero-order valence-corrected chi connectivity index (χ0v) is 17.1. The Morgan fingerprint density at radius 2 is 1.64 bits per heavy atom. The number of nitrogens with zero attached hydrogens (tertiary/aromatic N) is 2. The fourth-order valence-corrected chi connectivity index (χ4v) is 4.11. The van der Waals surface area contributed by atoms with E-state index in [0.717, 1.165) is 17.9 Å². The number of benzene rings is 1. The molecule has 3 rings (SSSR count). The molecule has 0 spiro atoms. The fourth-order valence-electron chi connectivity index (χ4n) is 4.11. The molecule has 2 amide bonds. The van der Waals surface area contributed by atoms with E-state index in [1.54, 1.807) is 12.0 Å². The van der Waals surface area contributed by atoms with Crippen LogP contribution < -0.4 is 9.47 Å². The van der Waals surface area contributed by atoms with E-state index in [0.29, 0.717) is 44.1 Å². The molecule has 6 nitrogen and oxygen atoms in total. The maximum absolute atomic E-state index is 12.5. The zero-order valence-electron chi connectivity index (χ0n) is 17.1. The molecule has 1 saturated carbocycles. The molecule has 0 N–H and O–H groups in total. The number of hydrogen-bond donors (Lipinski definition) is 0. The highest BCUT2D eigenvalue weighted by atomic mass is 16.5. The summed E-state index contributed by atoms with van der Waals surface area (Å²) in [4.78, 5) is 28.6. The molecule has 1 aromatic rings. The number of amides is 2. The summed E-state index contributed by atoms with van der Waals surface area (Å²) < 4.78 is 11.0. The summed E-state index contributed by atoms with van der Waals surface area (Å²) in [6, 6.07) is 5.64. The van der Waals surface area contributed by atoms with E-state index >= 15 is 0 Å². The van der Waals surface area contributed by atoms with Crippen molar-refractivity contribution in [3.8, 4) is 11.5 Å². The van der Waals surface area contributed by atoms with Crippen LogP contribution in [0.1, 0.15) is 44.1 Å². The average Bonchev–Trinajstić information content (AvgIpc) is 3.24. The minimum atomic E-state index is -0.0549. The van der Waals surface area contributed by atoms with Crippen LogP contribution >= 0.6 is 0 Å². The number of carbonyl (C=O) groups excluding carboxylic acids is 2. The van der Waals surface area contributed by atoms with Crippen molar-refractivity contribution in [1.29, 1.82) is 0 Å². The molecule has 0 aromatic heterocycles. The Labute approximate surface area is 167 Å². The third-order valence-corrected chi connectivity index (χ3v) is 5.90. The van der Waals surface area contributed by atoms with Crippen molar-refractivity contribution in [2.75, 3.05) is 39.9 Å². The highest BCUT2D eigenvalue weighted by Gasteiger charge is 2.25. The average molecular weight is 389 g/mol. The number of methoxy groups -OCH3 is 1. The van der Waals surface area contributed by atoms with Gasteiger partial charge in [-0.2, -0.15) is 0 Å². The van der Waals surface area contributed by atoms with E-state index < -0.39 is 0 Å². The quantitative estimate of drug-likeness (QED) is 0.720. The largest absolute Gasteiger partial charge is 0.493 e. The van der Waals surface area contributed by atoms with E-state index in [-0.39, 0.29) is 18.4 Å². The van der Waals surface area contributed by atoms with Gasteiger partial charge in [-0.05, 0) is 37.0 Å². The normalized spacial score (nSPS) is 17.6. The Hall–Kier alpha value is -2.24. The molecule has 6 heteroatoms. The van der Waals surface area contributed by atoms with Crippen LogP contribution in [0.25, 0.3) is 0 Å². The summed E-state index contributed by atoms with van der Waals surface area (Å²) in [6.45, 7) is 4.33. The van der Waals surface area contributed by atoms with E-state index in [1.807, 2.05) is 30.0 Å². The van der Waals surface area contributed by atoms with E-state index in [2.05, 4.69) is 0 Å². The Bertz CT molecular complexity index is 677. The number of rotatable bonds is 7. The predicted octanol–water partition coefficient (Wildman–Crippen LogP) is 3.02. The summed E-state index contributed by atoms with van der Waals surface area (Å²) in [7, 11) is 1.59. The van der Waals surface area contributed by atoms with Gasteiger partial charge in [0.25, 0.3) is 5.91 Å². The second-order valence-electron chi connectivity index (χ2n) is 7.89. The summed E-state index contributed by atoms with van der Waals surface area (Å²) in [5.41, 5.74) is 1.07. The van der Waals surface area contributed by atoms with Gasteiger partial charge in [-0.25, -0.2) is 0 Å². The number of ether oxygens (including phenoxy) is 2. The number of piperazine rings is 1. The molecule has 2 fully saturated rings. The lowest BCUT2D eigenvalue weighted by Crippen LogP contribution is -2.51. The lowest BCUT2D eigenvalue weighted by molar-refractivity contribution is -0.140. The molecule has 0 bridgehead atoms. The van der Waals surface area contributed by atoms with Gasteiger partial charge in [-0.15, -0.1) is 0 Å². The summed E-state index contributed by atoms with van der Waals surface area (Å²) in [5.74, 6) is 2.12. The van der Waals surface area contributed by atoms with Gasteiger partial charge in [0.05, 0.1) is 7.11 Å². The van der Waals surface area contributed by atoms with Crippen LogP contribution in [-0.2, 0) is 9.59 Å². The van der Waals surface area contributed by atoms with Crippen LogP contribution in [0.15, 0.2) is 18.2 Å². The molecule has 0 unspecified atom stereocenters. The Kier molecular flexibility index (Phi) is 7.18. The van der Waals surface area contributed by atoms with Gasteiger partial charge in [0.1, 0.15) is 0 Å². The van der Waals surface area contributed by atoms with Crippen molar-refractivity contribution in [1.82, 2.24) is 9.80 Å². The third-order valence-electron chi connectivity index (χ3n) is 5.90. The lowest BCUT2D eigenvalue weighted by Gasteiger charge is -2.35. The van der Waals surface area contributed by atoms with Gasteiger partial charge in [-0.3, -0.25) is 9.59 Å². The first-order valence-corrected chi connectivity index (χ1v) is 10.4. The molecular weight excluding hydrogens is 356 g/mol. The smallest absolute Gasteiger partial charge is 0.260 e. The molecule has 1 aliphatic carbocycles. The molecule has 2 aliphatic rings. The summed E-state index contributed by atoms with van der Waals surface area (Å²) in [5, 5.41) is 0. The molecular formula is C22H32N2O4. The van der Waals surface area contributed by atoms with E-state index in [4.69, 9.17) is 9.47 Å². The van der Waals surface area contributed by atoms with Gasteiger partial charge in [0.15, 0.2) is 18.1 Å². The van der Waals surface area contributed by atoms with E-state index in [9.17, 15) is 9.59 Å². The van der Waals surface area contributed by atoms with Gasteiger partial charge in [0.2, 0.25) is 5.91 Å². The van der Waals surface area contributed by atoms with Gasteiger partial charge >= 0.3 is 0 Å². The molecule has 154 valence electrons. The first-order chi connectivity index (χ1) is 13.6. The number of carbonyl (C=O) groups is 2. The van der Waals surface area contributed by atoms with Crippen LogP contribution in [0, 0.1) is 12.8 Å². The first-order valence-electron chi connectivity index (χ1n) is 10.4. The van der Waals surface area contributed by atoms with Crippen LogP contribution in [0.5, 0.6) is 11.5 Å². The van der Waals surface area contributed by atoms with Gasteiger partial charge < -0.3 is 19.3 Å². The second-order valence-corrected chi connectivity index (χ2v) is 7.89. The fraction of sp³-hybridized carbons (Fsp3) is 0.636. The highest BCUT2D eigenvalue weighted by Crippen LogP contribution is 2.29. The van der Waals surface area contributed by atoms with Crippen LogP contribution in [-0.4, -0.2) is 61.5 Å².